The van der Waals surface area contributed by atoms with Crippen LogP contribution in [0, 0.1) is 0 Å². The van der Waals surface area contributed by atoms with Gasteiger partial charge in [0.25, 0.3) is 11.8 Å². The Morgan fingerprint density at radius 2 is 1.92 bits per heavy atom. The summed E-state index contributed by atoms with van der Waals surface area (Å²) in [6.45, 7) is 5.32. The first-order valence-corrected chi connectivity index (χ1v) is 13.7. The van der Waals surface area contributed by atoms with Crippen LogP contribution in [0.3, 0.4) is 0 Å². The van der Waals surface area contributed by atoms with E-state index in [-0.39, 0.29) is 28.3 Å². The molecule has 1 aliphatic rings. The highest BCUT2D eigenvalue weighted by molar-refractivity contribution is 7.09. The van der Waals surface area contributed by atoms with Crippen LogP contribution >= 0.6 is 11.5 Å². The molecule has 0 unspecified atom stereocenters. The quantitative estimate of drug-likeness (QED) is 0.330. The van der Waals surface area contributed by atoms with E-state index in [0.717, 1.165) is 29.9 Å². The molecule has 1 aromatic heterocycles. The maximum atomic E-state index is 14.3. The zero-order valence-electron chi connectivity index (χ0n) is 22.0. The third-order valence-corrected chi connectivity index (χ3v) is 7.40. The lowest BCUT2D eigenvalue weighted by Crippen LogP contribution is -2.46. The van der Waals surface area contributed by atoms with E-state index >= 15 is 0 Å². The second kappa shape index (κ2) is 12.7. The van der Waals surface area contributed by atoms with Crippen molar-refractivity contribution < 1.29 is 23.9 Å². The molecule has 2 heterocycles. The minimum Gasteiger partial charge on any atom is -0.494 e. The van der Waals surface area contributed by atoms with Gasteiger partial charge in [0.05, 0.1) is 18.4 Å². The average molecular weight is 552 g/mol. The Morgan fingerprint density at radius 1 is 1.18 bits per heavy atom. The fourth-order valence-electron chi connectivity index (χ4n) is 4.60. The van der Waals surface area contributed by atoms with Gasteiger partial charge in [-0.2, -0.15) is 4.37 Å². The van der Waals surface area contributed by atoms with Crippen molar-refractivity contribution in [1.82, 2.24) is 9.69 Å². The summed E-state index contributed by atoms with van der Waals surface area (Å²) in [4.78, 5) is 41.5. The number of aromatic nitrogens is 1. The summed E-state index contributed by atoms with van der Waals surface area (Å²) < 4.78 is 15.3. The predicted octanol–water partition coefficient (Wildman–Crippen LogP) is 3.47. The highest BCUT2D eigenvalue weighted by atomic mass is 32.1. The molecule has 39 heavy (non-hydrogen) atoms. The molecule has 0 saturated carbocycles. The lowest BCUT2D eigenvalue weighted by Gasteiger charge is -2.33. The number of anilines is 2. The fourth-order valence-corrected chi connectivity index (χ4v) is 5.34. The minimum absolute atomic E-state index is 0.0255. The maximum absolute atomic E-state index is 14.3. The van der Waals surface area contributed by atoms with Gasteiger partial charge in [0.1, 0.15) is 16.7 Å². The molecule has 206 valence electrons. The van der Waals surface area contributed by atoms with Gasteiger partial charge >= 0.3 is 0 Å². The van der Waals surface area contributed by atoms with Crippen molar-refractivity contribution in [2.75, 3.05) is 30.4 Å². The standard InChI is InChI=1S/C28H33N5O5S/c1-3-17-8-5-6-10-21(17)33(28(36)25-22(29)23(26(30)34)32-39-25)24(18-11-13-19(14-12-18)37-4-2)27(35)31-16-20-9-7-15-38-20/h5-6,8,10-14,20,24H,3-4,7,9,15-16,29H2,1-2H3,(H2,30,34)(H,31,35)/t20-,24+/m1/s1. The molecule has 11 heteroatoms. The number of nitrogen functional groups attached to an aromatic ring is 1. The molecule has 0 aliphatic carbocycles. The number of para-hydroxylation sites is 1. The van der Waals surface area contributed by atoms with Crippen molar-refractivity contribution in [3.63, 3.8) is 0 Å². The molecule has 5 N–H and O–H groups in total. The SMILES string of the molecule is CCOc1ccc([C@@H](C(=O)NC[C@H]2CCCO2)N(C(=O)c2snc(C(N)=O)c2N)c2ccccc2CC)cc1. The van der Waals surface area contributed by atoms with Crippen molar-refractivity contribution in [2.24, 2.45) is 5.73 Å². The van der Waals surface area contributed by atoms with Crippen LogP contribution in [0.25, 0.3) is 0 Å². The summed E-state index contributed by atoms with van der Waals surface area (Å²) in [7, 11) is 0. The molecule has 0 bridgehead atoms. The van der Waals surface area contributed by atoms with Gasteiger partial charge in [-0.3, -0.25) is 19.3 Å². The van der Waals surface area contributed by atoms with Gasteiger partial charge in [0, 0.05) is 18.8 Å². The first-order chi connectivity index (χ1) is 18.8. The lowest BCUT2D eigenvalue weighted by atomic mass is 10.00. The maximum Gasteiger partial charge on any atom is 0.273 e. The van der Waals surface area contributed by atoms with Crippen LogP contribution in [-0.4, -0.2) is 48.0 Å². The number of primary amides is 1. The van der Waals surface area contributed by atoms with Crippen LogP contribution in [0.4, 0.5) is 11.4 Å². The Balaban J connectivity index is 1.84. The lowest BCUT2D eigenvalue weighted by molar-refractivity contribution is -0.123. The van der Waals surface area contributed by atoms with E-state index in [1.165, 1.54) is 4.90 Å². The Bertz CT molecular complexity index is 1320. The van der Waals surface area contributed by atoms with Crippen molar-refractivity contribution in [1.29, 1.82) is 0 Å². The molecule has 1 fully saturated rings. The fraction of sp³-hybridized carbons (Fsp3) is 0.357. The summed E-state index contributed by atoms with van der Waals surface area (Å²) in [5, 5.41) is 2.99. The van der Waals surface area contributed by atoms with Gasteiger partial charge in [0.15, 0.2) is 5.69 Å². The molecule has 1 aliphatic heterocycles. The number of nitrogens with two attached hydrogens (primary N) is 2. The normalized spacial score (nSPS) is 15.5. The molecule has 0 spiro atoms. The summed E-state index contributed by atoms with van der Waals surface area (Å²) in [6, 6.07) is 13.4. The third-order valence-electron chi connectivity index (χ3n) is 6.55. The number of nitrogens with one attached hydrogen (secondary N) is 1. The number of rotatable bonds is 11. The second-order valence-corrected chi connectivity index (χ2v) is 9.85. The zero-order chi connectivity index (χ0) is 27.9. The van der Waals surface area contributed by atoms with E-state index in [9.17, 15) is 14.4 Å². The minimum atomic E-state index is -1.07. The number of aryl methyl sites for hydroxylation is 1. The van der Waals surface area contributed by atoms with Crippen LogP contribution in [0.2, 0.25) is 0 Å². The van der Waals surface area contributed by atoms with Crippen LogP contribution in [-0.2, 0) is 16.0 Å². The van der Waals surface area contributed by atoms with Gasteiger partial charge in [0.2, 0.25) is 5.91 Å². The number of hydrogen-bond donors (Lipinski definition) is 3. The number of amides is 3. The summed E-state index contributed by atoms with van der Waals surface area (Å²) >= 11 is 0.777. The van der Waals surface area contributed by atoms with Crippen LogP contribution in [0.5, 0.6) is 5.75 Å². The number of hydrogen-bond acceptors (Lipinski definition) is 8. The zero-order valence-corrected chi connectivity index (χ0v) is 22.8. The molecule has 4 rings (SSSR count). The number of ether oxygens (including phenoxy) is 2. The van der Waals surface area contributed by atoms with Crippen LogP contribution in [0.15, 0.2) is 48.5 Å². The van der Waals surface area contributed by atoms with E-state index in [1.54, 1.807) is 36.4 Å². The van der Waals surface area contributed by atoms with Gasteiger partial charge < -0.3 is 26.3 Å². The Kier molecular flexibility index (Phi) is 9.15. The summed E-state index contributed by atoms with van der Waals surface area (Å²) in [5.74, 6) is -1.14. The van der Waals surface area contributed by atoms with Crippen LogP contribution in [0.1, 0.15) is 64.0 Å². The molecule has 0 radical (unpaired) electrons. The smallest absolute Gasteiger partial charge is 0.273 e. The first-order valence-electron chi connectivity index (χ1n) is 12.9. The van der Waals surface area contributed by atoms with E-state index in [2.05, 4.69) is 9.69 Å². The third kappa shape index (κ3) is 6.21. The highest BCUT2D eigenvalue weighted by Crippen LogP contribution is 2.35. The second-order valence-electron chi connectivity index (χ2n) is 9.08. The topological polar surface area (TPSA) is 150 Å². The van der Waals surface area contributed by atoms with Crippen LogP contribution < -0.4 is 26.4 Å². The molecule has 3 aromatic rings. The first kappa shape index (κ1) is 28.1. The van der Waals surface area contributed by atoms with Gasteiger partial charge in [-0.05, 0) is 67.0 Å². The van der Waals surface area contributed by atoms with Crippen molar-refractivity contribution in [3.8, 4) is 5.75 Å². The van der Waals surface area contributed by atoms with Gasteiger partial charge in [-0.1, -0.05) is 37.3 Å². The van der Waals surface area contributed by atoms with Crippen molar-refractivity contribution in [3.05, 3.63) is 70.2 Å². The van der Waals surface area contributed by atoms with Crippen molar-refractivity contribution >= 4 is 40.6 Å². The number of benzene rings is 2. The summed E-state index contributed by atoms with van der Waals surface area (Å²) in [6.07, 6.45) is 2.31. The summed E-state index contributed by atoms with van der Waals surface area (Å²) in [5.41, 5.74) is 13.3. The van der Waals surface area contributed by atoms with Gasteiger partial charge in [-0.25, -0.2) is 0 Å². The average Bonchev–Trinajstić information content (AvgIpc) is 3.60. The Labute approximate surface area is 231 Å². The van der Waals surface area contributed by atoms with E-state index in [1.807, 2.05) is 26.0 Å². The molecule has 1 saturated heterocycles. The Morgan fingerprint density at radius 3 is 2.54 bits per heavy atom. The highest BCUT2D eigenvalue weighted by Gasteiger charge is 2.37. The number of carbonyl (C=O) groups is 3. The molecule has 2 aromatic carbocycles. The van der Waals surface area contributed by atoms with E-state index in [4.69, 9.17) is 20.9 Å². The monoisotopic (exact) mass is 551 g/mol. The molecule has 3 amide bonds. The largest absolute Gasteiger partial charge is 0.494 e. The molecular weight excluding hydrogens is 518 g/mol. The van der Waals surface area contributed by atoms with E-state index in [0.29, 0.717) is 43.2 Å². The molecular formula is C28H33N5O5S. The number of nitrogens with zero attached hydrogens (tertiary/aromatic N) is 2. The molecule has 2 atom stereocenters. The predicted molar refractivity (Wildman–Crippen MR) is 150 cm³/mol. The Hall–Kier alpha value is -3.96. The number of carbonyl (C=O) groups excluding carboxylic acids is 3. The molecule has 10 nitrogen and oxygen atoms in total. The van der Waals surface area contributed by atoms with Crippen molar-refractivity contribution in [2.45, 2.75) is 45.3 Å². The van der Waals surface area contributed by atoms with Gasteiger partial charge in [-0.15, -0.1) is 0 Å². The van der Waals surface area contributed by atoms with E-state index < -0.39 is 17.9 Å².